The summed E-state index contributed by atoms with van der Waals surface area (Å²) in [6, 6.07) is 4.95. The molecule has 20 heavy (non-hydrogen) atoms. The molecule has 1 rings (SSSR count). The van der Waals surface area contributed by atoms with E-state index in [9.17, 15) is 13.5 Å². The molecule has 0 atom stereocenters. The van der Waals surface area contributed by atoms with Crippen molar-refractivity contribution in [1.82, 2.24) is 4.72 Å². The summed E-state index contributed by atoms with van der Waals surface area (Å²) in [7, 11) is -3.55. The number of aliphatic hydroxyl groups excluding tert-OH is 1. The quantitative estimate of drug-likeness (QED) is 0.848. The van der Waals surface area contributed by atoms with Crippen molar-refractivity contribution in [2.75, 3.05) is 6.54 Å². The summed E-state index contributed by atoms with van der Waals surface area (Å²) >= 11 is 0. The van der Waals surface area contributed by atoms with Crippen LogP contribution in [0.1, 0.15) is 38.8 Å². The molecule has 2 N–H and O–H groups in total. The van der Waals surface area contributed by atoms with Gasteiger partial charge < -0.3 is 5.11 Å². The molecule has 0 saturated carbocycles. The van der Waals surface area contributed by atoms with Crippen LogP contribution in [0.3, 0.4) is 0 Å². The van der Waals surface area contributed by atoms with Crippen molar-refractivity contribution in [2.45, 2.75) is 46.1 Å². The topological polar surface area (TPSA) is 66.4 Å². The van der Waals surface area contributed by atoms with Gasteiger partial charge in [0.2, 0.25) is 10.0 Å². The molecule has 4 nitrogen and oxygen atoms in total. The fourth-order valence-electron chi connectivity index (χ4n) is 1.69. The molecule has 0 aliphatic heterocycles. The highest BCUT2D eigenvalue weighted by atomic mass is 32.2. The Morgan fingerprint density at radius 3 is 2.40 bits per heavy atom. The fraction of sp³-hybridized carbons (Fsp3) is 0.600. The molecule has 0 saturated heterocycles. The molecule has 0 bridgehead atoms. The zero-order valence-electron chi connectivity index (χ0n) is 12.9. The van der Waals surface area contributed by atoms with E-state index in [4.69, 9.17) is 0 Å². The molecular formula is C15H25NO3S. The van der Waals surface area contributed by atoms with E-state index in [2.05, 4.69) is 18.6 Å². The van der Waals surface area contributed by atoms with E-state index in [-0.39, 0.29) is 16.9 Å². The molecule has 0 radical (unpaired) electrons. The highest BCUT2D eigenvalue weighted by molar-refractivity contribution is 7.89. The number of benzene rings is 1. The first-order valence-corrected chi connectivity index (χ1v) is 8.29. The largest absolute Gasteiger partial charge is 0.392 e. The highest BCUT2D eigenvalue weighted by Crippen LogP contribution is 2.26. The fourth-order valence-corrected chi connectivity index (χ4v) is 3.19. The van der Waals surface area contributed by atoms with Crippen molar-refractivity contribution >= 4 is 10.0 Å². The van der Waals surface area contributed by atoms with Crippen LogP contribution in [0, 0.1) is 18.3 Å². The van der Waals surface area contributed by atoms with Crippen molar-refractivity contribution < 1.29 is 13.5 Å². The van der Waals surface area contributed by atoms with Gasteiger partial charge in [0, 0.05) is 6.54 Å². The molecule has 0 amide bonds. The zero-order valence-corrected chi connectivity index (χ0v) is 13.7. The molecular weight excluding hydrogens is 274 g/mol. The number of aliphatic hydroxyl groups is 1. The number of nitrogens with one attached hydrogen (secondary N) is 1. The Kier molecular flexibility index (Phi) is 5.35. The predicted molar refractivity (Wildman–Crippen MR) is 80.9 cm³/mol. The lowest BCUT2D eigenvalue weighted by molar-refractivity contribution is 0.252. The third-order valence-electron chi connectivity index (χ3n) is 4.14. The third kappa shape index (κ3) is 3.81. The van der Waals surface area contributed by atoms with Crippen LogP contribution < -0.4 is 4.72 Å². The molecule has 0 aromatic heterocycles. The van der Waals surface area contributed by atoms with Gasteiger partial charge >= 0.3 is 0 Å². The normalized spacial score (nSPS) is 12.9. The van der Waals surface area contributed by atoms with E-state index in [1.54, 1.807) is 25.1 Å². The lowest BCUT2D eigenvalue weighted by Gasteiger charge is -2.29. The second kappa shape index (κ2) is 6.24. The third-order valence-corrected chi connectivity index (χ3v) is 5.68. The first-order valence-electron chi connectivity index (χ1n) is 6.81. The Morgan fingerprint density at radius 2 is 1.90 bits per heavy atom. The Bertz CT molecular complexity index is 562. The van der Waals surface area contributed by atoms with Gasteiger partial charge in [-0.15, -0.1) is 0 Å². The molecule has 0 heterocycles. The predicted octanol–water partition coefficient (Wildman–Crippen LogP) is 2.45. The van der Waals surface area contributed by atoms with Crippen LogP contribution in [-0.2, 0) is 16.6 Å². The highest BCUT2D eigenvalue weighted by Gasteiger charge is 2.26. The molecule has 5 heteroatoms. The summed E-state index contributed by atoms with van der Waals surface area (Å²) in [5.74, 6) is 0.370. The molecule has 1 aromatic carbocycles. The smallest absolute Gasteiger partial charge is 0.240 e. The lowest BCUT2D eigenvalue weighted by Crippen LogP contribution is -2.37. The van der Waals surface area contributed by atoms with Crippen molar-refractivity contribution in [3.63, 3.8) is 0 Å². The number of hydrogen-bond acceptors (Lipinski definition) is 3. The summed E-state index contributed by atoms with van der Waals surface area (Å²) in [6.07, 6.45) is 0. The zero-order chi connectivity index (χ0) is 15.6. The van der Waals surface area contributed by atoms with E-state index >= 15 is 0 Å². The van der Waals surface area contributed by atoms with Gasteiger partial charge in [0.25, 0.3) is 0 Å². The molecule has 0 spiro atoms. The minimum absolute atomic E-state index is 0.116. The Labute approximate surface area is 122 Å². The first-order chi connectivity index (χ1) is 9.12. The van der Waals surface area contributed by atoms with Crippen LogP contribution in [0.4, 0.5) is 0 Å². The average molecular weight is 299 g/mol. The minimum atomic E-state index is -3.55. The summed E-state index contributed by atoms with van der Waals surface area (Å²) in [5, 5.41) is 9.23. The minimum Gasteiger partial charge on any atom is -0.392 e. The molecule has 114 valence electrons. The maximum Gasteiger partial charge on any atom is 0.240 e. The first kappa shape index (κ1) is 17.1. The van der Waals surface area contributed by atoms with Gasteiger partial charge in [-0.1, -0.05) is 39.8 Å². The molecule has 0 aliphatic carbocycles. The van der Waals surface area contributed by atoms with Gasteiger partial charge in [0.05, 0.1) is 11.5 Å². The van der Waals surface area contributed by atoms with Crippen LogP contribution in [-0.4, -0.2) is 20.1 Å². The lowest BCUT2D eigenvalue weighted by atomic mass is 9.81. The summed E-state index contributed by atoms with van der Waals surface area (Å²) in [6.45, 7) is 10.2. The van der Waals surface area contributed by atoms with Gasteiger partial charge in [-0.2, -0.15) is 0 Å². The molecule has 0 unspecified atom stereocenters. The summed E-state index contributed by atoms with van der Waals surface area (Å²) < 4.78 is 27.5. The van der Waals surface area contributed by atoms with Crippen molar-refractivity contribution in [1.29, 1.82) is 0 Å². The van der Waals surface area contributed by atoms with Gasteiger partial charge in [-0.05, 0) is 35.4 Å². The summed E-state index contributed by atoms with van der Waals surface area (Å²) in [4.78, 5) is 0.239. The standard InChI is InChI=1S/C15H25NO3S/c1-11(2)15(4,5)10-16-20(18,19)14-8-6-7-13(9-17)12(14)3/h6-8,11,16-17H,9-10H2,1-5H3. The Morgan fingerprint density at radius 1 is 1.30 bits per heavy atom. The molecule has 0 fully saturated rings. The van der Waals surface area contributed by atoms with Crippen molar-refractivity contribution in [3.8, 4) is 0 Å². The van der Waals surface area contributed by atoms with E-state index in [1.807, 2.05) is 13.8 Å². The Balaban J connectivity index is 3.01. The van der Waals surface area contributed by atoms with Gasteiger partial charge in [0.1, 0.15) is 0 Å². The molecule has 0 aliphatic rings. The van der Waals surface area contributed by atoms with E-state index in [0.717, 1.165) is 0 Å². The Hall–Kier alpha value is -0.910. The van der Waals surface area contributed by atoms with Crippen LogP contribution in [0.2, 0.25) is 0 Å². The summed E-state index contributed by atoms with van der Waals surface area (Å²) in [5.41, 5.74) is 1.12. The van der Waals surface area contributed by atoms with Crippen LogP contribution >= 0.6 is 0 Å². The van der Waals surface area contributed by atoms with E-state index in [0.29, 0.717) is 23.6 Å². The van der Waals surface area contributed by atoms with Crippen LogP contribution in [0.15, 0.2) is 23.1 Å². The second-order valence-electron chi connectivity index (χ2n) is 6.17. The maximum absolute atomic E-state index is 12.4. The monoisotopic (exact) mass is 299 g/mol. The van der Waals surface area contributed by atoms with E-state index < -0.39 is 10.0 Å². The van der Waals surface area contributed by atoms with Gasteiger partial charge in [-0.3, -0.25) is 0 Å². The SMILES string of the molecule is Cc1c(CO)cccc1S(=O)(=O)NCC(C)(C)C(C)C. The maximum atomic E-state index is 12.4. The van der Waals surface area contributed by atoms with Crippen LogP contribution in [0.25, 0.3) is 0 Å². The van der Waals surface area contributed by atoms with Crippen molar-refractivity contribution in [3.05, 3.63) is 29.3 Å². The van der Waals surface area contributed by atoms with Crippen molar-refractivity contribution in [2.24, 2.45) is 11.3 Å². The van der Waals surface area contributed by atoms with Gasteiger partial charge in [0.15, 0.2) is 0 Å². The molecule has 1 aromatic rings. The van der Waals surface area contributed by atoms with Crippen LogP contribution in [0.5, 0.6) is 0 Å². The van der Waals surface area contributed by atoms with E-state index in [1.165, 1.54) is 0 Å². The second-order valence-corrected chi connectivity index (χ2v) is 7.90. The van der Waals surface area contributed by atoms with Gasteiger partial charge in [-0.25, -0.2) is 13.1 Å². The average Bonchev–Trinajstić information content (AvgIpc) is 2.36. The number of sulfonamides is 1. The number of hydrogen-bond donors (Lipinski definition) is 2. The number of rotatable bonds is 6.